The van der Waals surface area contributed by atoms with Gasteiger partial charge in [0.2, 0.25) is 10.0 Å². The first kappa shape index (κ1) is 19.0. The molecule has 3 aromatic heterocycles. The fourth-order valence-corrected chi connectivity index (χ4v) is 6.93. The molecule has 2 atom stereocenters. The maximum absolute atomic E-state index is 13.3. The molecule has 1 fully saturated rings. The highest BCUT2D eigenvalue weighted by Gasteiger charge is 2.38. The molecule has 4 rings (SSSR count). The first-order chi connectivity index (χ1) is 13.4. The van der Waals surface area contributed by atoms with E-state index in [9.17, 15) is 13.2 Å². The molecule has 0 spiro atoms. The molecule has 10 heteroatoms. The number of rotatable bonds is 4. The minimum Gasteiger partial charge on any atom is -0.317 e. The van der Waals surface area contributed by atoms with E-state index in [0.29, 0.717) is 11.3 Å². The third-order valence-corrected chi connectivity index (χ3v) is 8.24. The Balaban J connectivity index is 1.66. The molecular weight excluding hydrogens is 398 g/mol. The predicted octanol–water partition coefficient (Wildman–Crippen LogP) is 2.99. The number of aromatic nitrogens is 3. The monoisotopic (exact) mass is 419 g/mol. The highest BCUT2D eigenvalue weighted by molar-refractivity contribution is 7.89. The number of piperidine rings is 1. The molecule has 0 saturated carbocycles. The number of amides is 1. The number of nitrogens with one attached hydrogen (secondary N) is 1. The lowest BCUT2D eigenvalue weighted by atomic mass is 10.0. The molecule has 8 nitrogen and oxygen atoms in total. The van der Waals surface area contributed by atoms with Crippen molar-refractivity contribution < 1.29 is 13.2 Å². The molecule has 1 saturated heterocycles. The highest BCUT2D eigenvalue weighted by atomic mass is 32.2. The van der Waals surface area contributed by atoms with E-state index in [2.05, 4.69) is 15.4 Å². The summed E-state index contributed by atoms with van der Waals surface area (Å²) in [5.41, 5.74) is 0.928. The van der Waals surface area contributed by atoms with E-state index >= 15 is 0 Å². The first-order valence-electron chi connectivity index (χ1n) is 9.10. The molecule has 1 aliphatic heterocycles. The lowest BCUT2D eigenvalue weighted by Gasteiger charge is -2.37. The maximum Gasteiger partial charge on any atom is 0.267 e. The van der Waals surface area contributed by atoms with Crippen molar-refractivity contribution in [3.63, 3.8) is 0 Å². The van der Waals surface area contributed by atoms with Gasteiger partial charge in [0.05, 0.1) is 6.20 Å². The molecule has 28 heavy (non-hydrogen) atoms. The minimum atomic E-state index is -3.77. The van der Waals surface area contributed by atoms with Gasteiger partial charge in [-0.2, -0.15) is 9.40 Å². The van der Waals surface area contributed by atoms with Gasteiger partial charge in [0.25, 0.3) is 5.91 Å². The SMILES string of the molecule is CC1CCCC(C)N1S(=O)(=O)c1ccsc1C(=O)Nc1cnn2cccnc12. The summed E-state index contributed by atoms with van der Waals surface area (Å²) in [6, 6.07) is 3.06. The maximum atomic E-state index is 13.3. The summed E-state index contributed by atoms with van der Waals surface area (Å²) < 4.78 is 29.8. The van der Waals surface area contributed by atoms with Crippen LogP contribution < -0.4 is 5.32 Å². The van der Waals surface area contributed by atoms with Crippen LogP contribution in [0.4, 0.5) is 5.69 Å². The van der Waals surface area contributed by atoms with Crippen molar-refractivity contribution in [2.45, 2.75) is 50.1 Å². The number of hydrogen-bond donors (Lipinski definition) is 1. The van der Waals surface area contributed by atoms with E-state index < -0.39 is 15.9 Å². The fraction of sp³-hybridized carbons (Fsp3) is 0.389. The predicted molar refractivity (Wildman–Crippen MR) is 107 cm³/mol. The first-order valence-corrected chi connectivity index (χ1v) is 11.4. The quantitative estimate of drug-likeness (QED) is 0.701. The summed E-state index contributed by atoms with van der Waals surface area (Å²) in [7, 11) is -3.77. The van der Waals surface area contributed by atoms with E-state index in [0.717, 1.165) is 30.6 Å². The van der Waals surface area contributed by atoms with E-state index in [1.807, 2.05) is 13.8 Å². The van der Waals surface area contributed by atoms with Crippen LogP contribution in [0.5, 0.6) is 0 Å². The van der Waals surface area contributed by atoms with Gasteiger partial charge in [-0.15, -0.1) is 11.3 Å². The molecule has 0 bridgehead atoms. The van der Waals surface area contributed by atoms with E-state index in [1.165, 1.54) is 12.3 Å². The summed E-state index contributed by atoms with van der Waals surface area (Å²) in [5.74, 6) is -0.480. The summed E-state index contributed by atoms with van der Waals surface area (Å²) in [6.07, 6.45) is 7.47. The van der Waals surface area contributed by atoms with Crippen LogP contribution in [-0.4, -0.2) is 45.3 Å². The normalized spacial score (nSPS) is 21.1. The summed E-state index contributed by atoms with van der Waals surface area (Å²) in [6.45, 7) is 3.84. The lowest BCUT2D eigenvalue weighted by Crippen LogP contribution is -2.47. The number of hydrogen-bond acceptors (Lipinski definition) is 6. The molecule has 1 aliphatic rings. The Bertz CT molecular complexity index is 1110. The average molecular weight is 420 g/mol. The van der Waals surface area contributed by atoms with Gasteiger partial charge in [-0.1, -0.05) is 6.42 Å². The van der Waals surface area contributed by atoms with Gasteiger partial charge in [-0.05, 0) is 44.2 Å². The van der Waals surface area contributed by atoms with Gasteiger partial charge in [-0.3, -0.25) is 4.79 Å². The molecule has 0 radical (unpaired) electrons. The number of sulfonamides is 1. The highest BCUT2D eigenvalue weighted by Crippen LogP contribution is 2.33. The van der Waals surface area contributed by atoms with Crippen LogP contribution in [0.3, 0.4) is 0 Å². The average Bonchev–Trinajstić information content (AvgIpc) is 3.29. The second-order valence-corrected chi connectivity index (χ2v) is 9.71. The van der Waals surface area contributed by atoms with Crippen LogP contribution >= 0.6 is 11.3 Å². The van der Waals surface area contributed by atoms with Crippen LogP contribution in [0.15, 0.2) is 41.0 Å². The Kier molecular flexibility index (Phi) is 4.94. The molecule has 1 amide bonds. The van der Waals surface area contributed by atoms with Crippen molar-refractivity contribution in [3.8, 4) is 0 Å². The Morgan fingerprint density at radius 1 is 1.29 bits per heavy atom. The van der Waals surface area contributed by atoms with Crippen molar-refractivity contribution in [2.24, 2.45) is 0 Å². The van der Waals surface area contributed by atoms with Crippen molar-refractivity contribution in [1.29, 1.82) is 0 Å². The van der Waals surface area contributed by atoms with Crippen molar-refractivity contribution in [3.05, 3.63) is 41.0 Å². The Morgan fingerprint density at radius 2 is 2.04 bits per heavy atom. The van der Waals surface area contributed by atoms with Crippen LogP contribution in [0.2, 0.25) is 0 Å². The van der Waals surface area contributed by atoms with Crippen LogP contribution in [0, 0.1) is 0 Å². The Labute approximate surface area is 167 Å². The number of anilines is 1. The van der Waals surface area contributed by atoms with Crippen molar-refractivity contribution in [1.82, 2.24) is 18.9 Å². The summed E-state index contributed by atoms with van der Waals surface area (Å²) in [5, 5.41) is 8.52. The Hall–Kier alpha value is -2.30. The van der Waals surface area contributed by atoms with Gasteiger partial charge >= 0.3 is 0 Å². The molecule has 2 unspecified atom stereocenters. The molecule has 1 N–H and O–H groups in total. The third kappa shape index (κ3) is 3.21. The second-order valence-electron chi connectivity index (χ2n) is 6.98. The van der Waals surface area contributed by atoms with Crippen LogP contribution in [0.25, 0.3) is 5.65 Å². The molecule has 0 aliphatic carbocycles. The summed E-state index contributed by atoms with van der Waals surface area (Å²) >= 11 is 1.11. The number of fused-ring (bicyclic) bond motifs is 1. The topological polar surface area (TPSA) is 96.7 Å². The number of nitrogens with zero attached hydrogens (tertiary/aromatic N) is 4. The standard InChI is InChI=1S/C18H21N5O3S2/c1-12-5-3-6-13(2)23(12)28(25,26)15-7-10-27-16(15)18(24)21-14-11-20-22-9-4-8-19-17(14)22/h4,7-13H,3,5-6H2,1-2H3,(H,21,24). The second kappa shape index (κ2) is 7.26. The number of carbonyl (C=O) groups excluding carboxylic acids is 1. The zero-order chi connectivity index (χ0) is 19.9. The third-order valence-electron chi connectivity index (χ3n) is 5.03. The van der Waals surface area contributed by atoms with Gasteiger partial charge < -0.3 is 5.32 Å². The molecule has 3 aromatic rings. The van der Waals surface area contributed by atoms with Crippen LogP contribution in [0.1, 0.15) is 42.8 Å². The molecule has 4 heterocycles. The zero-order valence-electron chi connectivity index (χ0n) is 15.6. The molecule has 0 aromatic carbocycles. The summed E-state index contributed by atoms with van der Waals surface area (Å²) in [4.78, 5) is 17.3. The van der Waals surface area contributed by atoms with Crippen molar-refractivity contribution >= 4 is 38.6 Å². The minimum absolute atomic E-state index is 0.0556. The van der Waals surface area contributed by atoms with Gasteiger partial charge in [0.15, 0.2) is 5.65 Å². The molecule has 148 valence electrons. The van der Waals surface area contributed by atoms with Crippen LogP contribution in [-0.2, 0) is 10.0 Å². The lowest BCUT2D eigenvalue weighted by molar-refractivity contribution is 0.102. The van der Waals surface area contributed by atoms with Gasteiger partial charge in [-0.25, -0.2) is 17.9 Å². The zero-order valence-corrected chi connectivity index (χ0v) is 17.2. The largest absolute Gasteiger partial charge is 0.317 e. The van der Waals surface area contributed by atoms with E-state index in [1.54, 1.807) is 32.7 Å². The van der Waals surface area contributed by atoms with E-state index in [4.69, 9.17) is 0 Å². The van der Waals surface area contributed by atoms with Gasteiger partial charge in [0.1, 0.15) is 15.5 Å². The van der Waals surface area contributed by atoms with E-state index in [-0.39, 0.29) is 21.9 Å². The fourth-order valence-electron chi connectivity index (χ4n) is 3.75. The smallest absolute Gasteiger partial charge is 0.267 e. The van der Waals surface area contributed by atoms with Gasteiger partial charge in [0, 0.05) is 24.5 Å². The molecular formula is C18H21N5O3S2. The van der Waals surface area contributed by atoms with Crippen molar-refractivity contribution in [2.75, 3.05) is 5.32 Å². The number of thiophene rings is 1. The number of carbonyl (C=O) groups is 1. The Morgan fingerprint density at radius 3 is 2.79 bits per heavy atom.